The second-order valence-corrected chi connectivity index (χ2v) is 24.8. The number of fused-ring (bicyclic) bond motifs is 5. The van der Waals surface area contributed by atoms with Gasteiger partial charge in [-0.25, -0.2) is 4.67 Å². The first-order chi connectivity index (χ1) is 23.5. The minimum absolute atomic E-state index is 0.125. The second kappa shape index (κ2) is 17.4. The largest absolute Gasteiger partial charge is 0.410 e. The van der Waals surface area contributed by atoms with Crippen LogP contribution in [0.5, 0.6) is 0 Å². The zero-order valence-corrected chi connectivity index (χ0v) is 36.3. The summed E-state index contributed by atoms with van der Waals surface area (Å²) in [7, 11) is -3.11. The third-order valence-corrected chi connectivity index (χ3v) is 21.3. The molecular formula is C42H77N2O4PSi. The SMILES string of the molecule is CC[Si](CC)(CC)O[C@H]1C=C2C[C@@H](OP(OCCC#N)N(C(C)C)C(C)C)CC[C@]2(C)[C@H]2CC[C@]3(C)[C@@H]([C@H](C)CCCC(C)(C)O)CC[C@H]3[C@H]12. The van der Waals surface area contributed by atoms with E-state index < -0.39 is 22.4 Å². The van der Waals surface area contributed by atoms with Gasteiger partial charge in [-0.1, -0.05) is 66.0 Å². The molecule has 0 bridgehead atoms. The Morgan fingerprint density at radius 3 is 2.24 bits per heavy atom. The van der Waals surface area contributed by atoms with Crippen molar-refractivity contribution in [2.24, 2.45) is 40.4 Å². The van der Waals surface area contributed by atoms with Crippen LogP contribution in [0.15, 0.2) is 11.6 Å². The summed E-state index contributed by atoms with van der Waals surface area (Å²) in [6.07, 6.45) is 15.1. The lowest BCUT2D eigenvalue weighted by Gasteiger charge is -2.61. The molecule has 4 aliphatic rings. The maximum Gasteiger partial charge on any atom is 0.259 e. The summed E-state index contributed by atoms with van der Waals surface area (Å²) >= 11 is 0. The van der Waals surface area contributed by atoms with E-state index in [-0.39, 0.29) is 17.6 Å². The molecule has 0 spiro atoms. The summed E-state index contributed by atoms with van der Waals surface area (Å²) in [5.41, 5.74) is 1.58. The zero-order chi connectivity index (χ0) is 37.1. The van der Waals surface area contributed by atoms with Crippen molar-refractivity contribution in [3.05, 3.63) is 11.6 Å². The van der Waals surface area contributed by atoms with Crippen LogP contribution < -0.4 is 0 Å². The Morgan fingerprint density at radius 2 is 1.66 bits per heavy atom. The number of hydrogen-bond donors (Lipinski definition) is 1. The molecule has 4 rings (SSSR count). The van der Waals surface area contributed by atoms with Gasteiger partial charge in [0, 0.05) is 12.1 Å². The molecule has 0 aromatic heterocycles. The number of aliphatic hydroxyl groups is 1. The highest BCUT2D eigenvalue weighted by molar-refractivity contribution is 7.44. The first kappa shape index (κ1) is 42.4. The van der Waals surface area contributed by atoms with Crippen molar-refractivity contribution in [3.63, 3.8) is 0 Å². The van der Waals surface area contributed by atoms with Gasteiger partial charge in [-0.05, 0) is 151 Å². The highest BCUT2D eigenvalue weighted by atomic mass is 31.2. The summed E-state index contributed by atoms with van der Waals surface area (Å²) in [4.78, 5) is 0. The van der Waals surface area contributed by atoms with Crippen LogP contribution >= 0.6 is 8.53 Å². The van der Waals surface area contributed by atoms with Crippen LogP contribution in [0.3, 0.4) is 0 Å². The van der Waals surface area contributed by atoms with Crippen LogP contribution in [-0.2, 0) is 13.5 Å². The molecule has 1 unspecified atom stereocenters. The molecule has 0 aliphatic heterocycles. The van der Waals surface area contributed by atoms with Gasteiger partial charge in [0.15, 0.2) is 8.32 Å². The van der Waals surface area contributed by atoms with E-state index in [1.54, 1.807) is 5.57 Å². The molecule has 3 fully saturated rings. The monoisotopic (exact) mass is 733 g/mol. The van der Waals surface area contributed by atoms with Crippen molar-refractivity contribution in [3.8, 4) is 6.07 Å². The number of nitriles is 1. The highest BCUT2D eigenvalue weighted by Gasteiger charge is 2.62. The molecule has 0 saturated heterocycles. The van der Waals surface area contributed by atoms with Crippen LogP contribution in [0.4, 0.5) is 0 Å². The van der Waals surface area contributed by atoms with Crippen molar-refractivity contribution in [1.29, 1.82) is 5.26 Å². The second-order valence-electron chi connectivity index (χ2n) is 18.7. The van der Waals surface area contributed by atoms with Crippen LogP contribution in [-0.4, -0.2) is 54.6 Å². The maximum absolute atomic E-state index is 10.4. The lowest BCUT2D eigenvalue weighted by Crippen LogP contribution is -2.57. The predicted molar refractivity (Wildman–Crippen MR) is 212 cm³/mol. The van der Waals surface area contributed by atoms with Gasteiger partial charge in [-0.15, -0.1) is 0 Å². The van der Waals surface area contributed by atoms with Gasteiger partial charge in [0.25, 0.3) is 8.53 Å². The van der Waals surface area contributed by atoms with Crippen molar-refractivity contribution in [1.82, 2.24) is 4.67 Å². The van der Waals surface area contributed by atoms with E-state index in [0.29, 0.717) is 54.2 Å². The summed E-state index contributed by atoms with van der Waals surface area (Å²) in [5, 5.41) is 19.6. The van der Waals surface area contributed by atoms with E-state index in [1.165, 1.54) is 56.7 Å². The van der Waals surface area contributed by atoms with Crippen molar-refractivity contribution >= 4 is 16.8 Å². The molecular weight excluding hydrogens is 656 g/mol. The normalized spacial score (nSPS) is 34.3. The first-order valence-electron chi connectivity index (χ1n) is 20.9. The third kappa shape index (κ3) is 9.13. The first-order valence-corrected chi connectivity index (χ1v) is 24.5. The number of rotatable bonds is 18. The van der Waals surface area contributed by atoms with Gasteiger partial charge in [-0.2, -0.15) is 5.26 Å². The summed E-state index contributed by atoms with van der Waals surface area (Å²) in [6, 6.07) is 6.42. The van der Waals surface area contributed by atoms with E-state index in [4.69, 9.17) is 13.5 Å². The van der Waals surface area contributed by atoms with Crippen LogP contribution in [0.2, 0.25) is 18.1 Å². The van der Waals surface area contributed by atoms with Crippen LogP contribution in [0.1, 0.15) is 154 Å². The Morgan fingerprint density at radius 1 is 1.00 bits per heavy atom. The maximum atomic E-state index is 10.4. The molecule has 0 aromatic rings. The minimum atomic E-state index is -1.86. The van der Waals surface area contributed by atoms with Gasteiger partial charge in [0.2, 0.25) is 0 Å². The van der Waals surface area contributed by atoms with Crippen molar-refractivity contribution < 1.29 is 18.6 Å². The Bertz CT molecular complexity index is 1150. The van der Waals surface area contributed by atoms with Gasteiger partial charge < -0.3 is 18.6 Å². The molecule has 10 atom stereocenters. The predicted octanol–water partition coefficient (Wildman–Crippen LogP) is 11.8. The number of hydrogen-bond acceptors (Lipinski definition) is 6. The molecule has 0 heterocycles. The average Bonchev–Trinajstić information content (AvgIpc) is 3.40. The summed E-state index contributed by atoms with van der Waals surface area (Å²) in [5.74, 6) is 3.41. The Balaban J connectivity index is 1.65. The third-order valence-electron chi connectivity index (χ3n) is 14.5. The Labute approximate surface area is 311 Å². The quantitative estimate of drug-likeness (QED) is 0.0654. The van der Waals surface area contributed by atoms with E-state index >= 15 is 0 Å². The van der Waals surface area contributed by atoms with E-state index in [9.17, 15) is 10.4 Å². The highest BCUT2D eigenvalue weighted by Crippen LogP contribution is 2.68. The molecule has 0 radical (unpaired) electrons. The standard InChI is InChI=1S/C42H77N2O4PSi/c1-13-50(14-2,15-3)48-38-29-33-28-34(47-49(46-27-17-26-43)44(30(4)5)31(6)7)21-24-41(33,11)37-22-25-42(12)35(19-20-36(42)39(37)38)32(8)18-16-23-40(9,10)45/h29-32,34-39,45H,13-25,27-28H2,1-12H3/t32-,34+,35-,36+,37+,38+,39+,41+,42-,49?/m1/s1. The average molecular weight is 733 g/mol. The van der Waals surface area contributed by atoms with E-state index in [1.807, 2.05) is 13.8 Å². The fourth-order valence-corrected chi connectivity index (χ4v) is 16.1. The molecule has 3 saturated carbocycles. The number of nitrogens with zero attached hydrogens (tertiary/aromatic N) is 2. The molecule has 1 N–H and O–H groups in total. The topological polar surface area (TPSA) is 75.0 Å². The van der Waals surface area contributed by atoms with Crippen molar-refractivity contribution in [2.75, 3.05) is 6.61 Å². The van der Waals surface area contributed by atoms with Crippen molar-refractivity contribution in [2.45, 2.75) is 202 Å². The lowest BCUT2D eigenvalue weighted by atomic mass is 9.46. The summed E-state index contributed by atoms with van der Waals surface area (Å²) < 4.78 is 23.4. The van der Waals surface area contributed by atoms with Gasteiger partial charge in [-0.3, -0.25) is 0 Å². The molecule has 8 heteroatoms. The zero-order valence-electron chi connectivity index (χ0n) is 34.4. The fourth-order valence-electron chi connectivity index (χ4n) is 11.5. The van der Waals surface area contributed by atoms with Gasteiger partial charge in [0.1, 0.15) is 0 Å². The van der Waals surface area contributed by atoms with Gasteiger partial charge >= 0.3 is 0 Å². The molecule has 288 valence electrons. The van der Waals surface area contributed by atoms with Crippen LogP contribution in [0.25, 0.3) is 0 Å². The smallest absolute Gasteiger partial charge is 0.259 e. The van der Waals surface area contributed by atoms with Crippen LogP contribution in [0, 0.1) is 51.8 Å². The minimum Gasteiger partial charge on any atom is -0.410 e. The summed E-state index contributed by atoms with van der Waals surface area (Å²) in [6.45, 7) is 28.2. The molecule has 6 nitrogen and oxygen atoms in total. The fraction of sp³-hybridized carbons (Fsp3) is 0.929. The van der Waals surface area contributed by atoms with E-state index in [2.05, 4.69) is 86.1 Å². The van der Waals surface area contributed by atoms with Gasteiger partial charge in [0.05, 0.1) is 36.9 Å². The lowest BCUT2D eigenvalue weighted by molar-refractivity contribution is -0.0930. The molecule has 50 heavy (non-hydrogen) atoms. The Kier molecular flexibility index (Phi) is 14.8. The Hall–Kier alpha value is -0.323. The molecule has 0 amide bonds. The molecule has 0 aromatic carbocycles. The van der Waals surface area contributed by atoms with E-state index in [0.717, 1.165) is 31.6 Å². The molecule has 4 aliphatic carbocycles.